The maximum Gasteiger partial charge on any atom is 0.257 e. The van der Waals surface area contributed by atoms with Gasteiger partial charge in [0.25, 0.3) is 5.91 Å². The SMILES string of the molecule is CN(C(=O)Cc1csc(NC(=O)c2ccccc2)n1)[C@H]1CCS(=O)(=O)C1. The lowest BCUT2D eigenvalue weighted by Gasteiger charge is -2.23. The molecule has 0 bridgehead atoms. The van der Waals surface area contributed by atoms with E-state index in [0.717, 1.165) is 0 Å². The van der Waals surface area contributed by atoms with Crippen molar-refractivity contribution in [1.82, 2.24) is 9.88 Å². The molecule has 1 fully saturated rings. The first-order valence-electron chi connectivity index (χ1n) is 8.11. The van der Waals surface area contributed by atoms with E-state index < -0.39 is 9.84 Å². The van der Waals surface area contributed by atoms with E-state index in [1.807, 2.05) is 6.07 Å². The van der Waals surface area contributed by atoms with Crippen molar-refractivity contribution >= 4 is 38.1 Å². The van der Waals surface area contributed by atoms with Gasteiger partial charge in [-0.15, -0.1) is 11.3 Å². The van der Waals surface area contributed by atoms with Crippen molar-refractivity contribution in [2.24, 2.45) is 0 Å². The minimum atomic E-state index is -3.04. The van der Waals surface area contributed by atoms with Gasteiger partial charge in [-0.25, -0.2) is 13.4 Å². The maximum atomic E-state index is 12.4. The van der Waals surface area contributed by atoms with Crippen LogP contribution < -0.4 is 5.32 Å². The highest BCUT2D eigenvalue weighted by atomic mass is 32.2. The van der Waals surface area contributed by atoms with Gasteiger partial charge in [-0.1, -0.05) is 18.2 Å². The molecule has 26 heavy (non-hydrogen) atoms. The first kappa shape index (κ1) is 18.5. The molecule has 1 aromatic carbocycles. The highest BCUT2D eigenvalue weighted by Crippen LogP contribution is 2.20. The second kappa shape index (κ2) is 7.55. The highest BCUT2D eigenvalue weighted by molar-refractivity contribution is 7.91. The van der Waals surface area contributed by atoms with Crippen molar-refractivity contribution in [2.75, 3.05) is 23.9 Å². The summed E-state index contributed by atoms with van der Waals surface area (Å²) in [5, 5.41) is 4.86. The number of nitrogens with zero attached hydrogens (tertiary/aromatic N) is 2. The number of thiazole rings is 1. The number of carbonyl (C=O) groups is 2. The van der Waals surface area contributed by atoms with E-state index >= 15 is 0 Å². The zero-order chi connectivity index (χ0) is 18.7. The standard InChI is InChI=1S/C17H19N3O4S2/c1-20(14-7-8-26(23,24)11-14)15(21)9-13-10-25-17(18-13)19-16(22)12-5-3-2-4-6-12/h2-6,10,14H,7-9,11H2,1H3,(H,18,19,22)/t14-/m0/s1. The van der Waals surface area contributed by atoms with Crippen LogP contribution in [0.25, 0.3) is 0 Å². The molecule has 1 aliphatic heterocycles. The van der Waals surface area contributed by atoms with E-state index in [4.69, 9.17) is 0 Å². The molecule has 138 valence electrons. The number of rotatable bonds is 5. The topological polar surface area (TPSA) is 96.4 Å². The molecule has 0 radical (unpaired) electrons. The van der Waals surface area contributed by atoms with Crippen LogP contribution in [-0.2, 0) is 21.1 Å². The van der Waals surface area contributed by atoms with Gasteiger partial charge in [-0.3, -0.25) is 14.9 Å². The minimum absolute atomic E-state index is 0.0185. The van der Waals surface area contributed by atoms with Gasteiger partial charge in [-0.2, -0.15) is 0 Å². The van der Waals surface area contributed by atoms with E-state index in [1.165, 1.54) is 16.2 Å². The van der Waals surface area contributed by atoms with Crippen LogP contribution >= 0.6 is 11.3 Å². The van der Waals surface area contributed by atoms with Gasteiger partial charge >= 0.3 is 0 Å². The monoisotopic (exact) mass is 393 g/mol. The number of amides is 2. The van der Waals surface area contributed by atoms with Gasteiger partial charge in [0.2, 0.25) is 5.91 Å². The van der Waals surface area contributed by atoms with Crippen LogP contribution in [-0.4, -0.2) is 54.7 Å². The fraction of sp³-hybridized carbons (Fsp3) is 0.353. The highest BCUT2D eigenvalue weighted by Gasteiger charge is 2.32. The Labute approximate surface area is 156 Å². The number of benzene rings is 1. The number of nitrogens with one attached hydrogen (secondary N) is 1. The summed E-state index contributed by atoms with van der Waals surface area (Å²) in [5.41, 5.74) is 1.08. The Bertz CT molecular complexity index is 909. The van der Waals surface area contributed by atoms with Crippen molar-refractivity contribution in [1.29, 1.82) is 0 Å². The van der Waals surface area contributed by atoms with Gasteiger partial charge < -0.3 is 4.90 Å². The van der Waals surface area contributed by atoms with E-state index in [-0.39, 0.29) is 35.8 Å². The predicted octanol–water partition coefficient (Wildman–Crippen LogP) is 1.58. The lowest BCUT2D eigenvalue weighted by molar-refractivity contribution is -0.130. The van der Waals surface area contributed by atoms with Crippen LogP contribution in [0.2, 0.25) is 0 Å². The summed E-state index contributed by atoms with van der Waals surface area (Å²) < 4.78 is 23.1. The summed E-state index contributed by atoms with van der Waals surface area (Å²) in [5.74, 6) is -0.295. The molecule has 0 unspecified atom stereocenters. The third kappa shape index (κ3) is 4.47. The molecule has 1 aromatic heterocycles. The molecule has 0 saturated carbocycles. The Morgan fingerprint density at radius 3 is 2.69 bits per heavy atom. The molecular formula is C17H19N3O4S2. The second-order valence-corrected chi connectivity index (χ2v) is 9.29. The molecule has 7 nitrogen and oxygen atoms in total. The minimum Gasteiger partial charge on any atom is -0.341 e. The zero-order valence-corrected chi connectivity index (χ0v) is 15.8. The van der Waals surface area contributed by atoms with Crippen molar-refractivity contribution in [3.8, 4) is 0 Å². The largest absolute Gasteiger partial charge is 0.341 e. The molecule has 2 heterocycles. The van der Waals surface area contributed by atoms with Crippen molar-refractivity contribution in [3.05, 3.63) is 47.0 Å². The van der Waals surface area contributed by atoms with Gasteiger partial charge in [-0.05, 0) is 18.6 Å². The molecule has 1 saturated heterocycles. The normalized spacial score (nSPS) is 18.4. The number of hydrogen-bond acceptors (Lipinski definition) is 6. The van der Waals surface area contributed by atoms with E-state index in [2.05, 4.69) is 10.3 Å². The first-order valence-corrected chi connectivity index (χ1v) is 10.8. The van der Waals surface area contributed by atoms with Crippen LogP contribution in [0.15, 0.2) is 35.7 Å². The summed E-state index contributed by atoms with van der Waals surface area (Å²) in [7, 11) is -1.41. The van der Waals surface area contributed by atoms with Crippen molar-refractivity contribution in [2.45, 2.75) is 18.9 Å². The average molecular weight is 393 g/mol. The quantitative estimate of drug-likeness (QED) is 0.832. The third-order valence-corrected chi connectivity index (χ3v) is 6.85. The third-order valence-electron chi connectivity index (χ3n) is 4.29. The lowest BCUT2D eigenvalue weighted by atomic mass is 10.2. The Kier molecular flexibility index (Phi) is 5.38. The molecule has 1 atom stereocenters. The number of anilines is 1. The molecule has 0 spiro atoms. The van der Waals surface area contributed by atoms with Crippen LogP contribution in [0.3, 0.4) is 0 Å². The maximum absolute atomic E-state index is 12.4. The fourth-order valence-corrected chi connectivity index (χ4v) is 5.25. The lowest BCUT2D eigenvalue weighted by Crippen LogP contribution is -2.38. The van der Waals surface area contributed by atoms with Crippen LogP contribution in [0.4, 0.5) is 5.13 Å². The summed E-state index contributed by atoms with van der Waals surface area (Å²) in [6, 6.07) is 8.52. The smallest absolute Gasteiger partial charge is 0.257 e. The van der Waals surface area contributed by atoms with E-state index in [0.29, 0.717) is 22.8 Å². The van der Waals surface area contributed by atoms with Crippen molar-refractivity contribution < 1.29 is 18.0 Å². The second-order valence-electron chi connectivity index (χ2n) is 6.20. The number of hydrogen-bond donors (Lipinski definition) is 1. The molecule has 1 N–H and O–H groups in total. The number of carbonyl (C=O) groups excluding carboxylic acids is 2. The Morgan fingerprint density at radius 1 is 1.31 bits per heavy atom. The van der Waals surface area contributed by atoms with Crippen LogP contribution in [0.5, 0.6) is 0 Å². The molecule has 2 aromatic rings. The van der Waals surface area contributed by atoms with Gasteiger partial charge in [0.15, 0.2) is 15.0 Å². The Balaban J connectivity index is 1.58. The van der Waals surface area contributed by atoms with Gasteiger partial charge in [0, 0.05) is 24.0 Å². The van der Waals surface area contributed by atoms with Crippen molar-refractivity contribution in [3.63, 3.8) is 0 Å². The molecule has 9 heteroatoms. The summed E-state index contributed by atoms with van der Waals surface area (Å²) >= 11 is 1.25. The first-order chi connectivity index (χ1) is 12.3. The predicted molar refractivity (Wildman–Crippen MR) is 100 cm³/mol. The van der Waals surface area contributed by atoms with Crippen LogP contribution in [0, 0.1) is 0 Å². The zero-order valence-electron chi connectivity index (χ0n) is 14.2. The Morgan fingerprint density at radius 2 is 2.04 bits per heavy atom. The summed E-state index contributed by atoms with van der Waals surface area (Å²) in [6.07, 6.45) is 0.546. The molecule has 0 aliphatic carbocycles. The number of sulfone groups is 1. The molecule has 3 rings (SSSR count). The van der Waals surface area contributed by atoms with E-state index in [1.54, 1.807) is 36.7 Å². The molecule has 2 amide bonds. The van der Waals surface area contributed by atoms with Gasteiger partial charge in [0.05, 0.1) is 23.6 Å². The molecular weight excluding hydrogens is 374 g/mol. The van der Waals surface area contributed by atoms with Gasteiger partial charge in [0.1, 0.15) is 0 Å². The number of aromatic nitrogens is 1. The van der Waals surface area contributed by atoms with E-state index in [9.17, 15) is 18.0 Å². The number of likely N-dealkylation sites (N-methyl/N-ethyl adjacent to an activating group) is 1. The summed E-state index contributed by atoms with van der Waals surface area (Å²) in [4.78, 5) is 30.3. The molecule has 1 aliphatic rings. The average Bonchev–Trinajstić information content (AvgIpc) is 3.20. The fourth-order valence-electron chi connectivity index (χ4n) is 2.77. The summed E-state index contributed by atoms with van der Waals surface area (Å²) in [6.45, 7) is 0. The Hall–Kier alpha value is -2.26. The van der Waals surface area contributed by atoms with Crippen LogP contribution in [0.1, 0.15) is 22.5 Å².